The van der Waals surface area contributed by atoms with Gasteiger partial charge in [-0.1, -0.05) is 32.1 Å². The highest BCUT2D eigenvalue weighted by Gasteiger charge is 2.21. The van der Waals surface area contributed by atoms with Crippen molar-refractivity contribution in [2.24, 2.45) is 0 Å². The molecule has 0 aliphatic heterocycles. The molecule has 2 aromatic rings. The lowest BCUT2D eigenvalue weighted by molar-refractivity contribution is 0.104. The lowest BCUT2D eigenvalue weighted by Crippen LogP contribution is -2.30. The predicted octanol–water partition coefficient (Wildman–Crippen LogP) is 4.34. The van der Waals surface area contributed by atoms with E-state index in [0.29, 0.717) is 18.7 Å². The van der Waals surface area contributed by atoms with E-state index < -0.39 is 10.0 Å². The molecule has 26 heavy (non-hydrogen) atoms. The van der Waals surface area contributed by atoms with Crippen molar-refractivity contribution in [1.82, 2.24) is 4.31 Å². The Bertz CT molecular complexity index is 866. The van der Waals surface area contributed by atoms with Gasteiger partial charge in [0.2, 0.25) is 10.0 Å². The van der Waals surface area contributed by atoms with Gasteiger partial charge in [-0.3, -0.25) is 4.79 Å². The van der Waals surface area contributed by atoms with Gasteiger partial charge in [-0.2, -0.15) is 4.31 Å². The molecule has 2 rings (SSSR count). The quantitative estimate of drug-likeness (QED) is 0.383. The van der Waals surface area contributed by atoms with E-state index in [1.165, 1.54) is 27.4 Å². The maximum Gasteiger partial charge on any atom is 0.243 e. The molecule has 2 aromatic carbocycles. The molecule has 0 radical (unpaired) electrons. The number of hydrogen-bond acceptors (Lipinski definition) is 4. The zero-order valence-corrected chi connectivity index (χ0v) is 16.8. The molecule has 4 nitrogen and oxygen atoms in total. The molecule has 138 valence electrons. The molecule has 0 atom stereocenters. The maximum absolute atomic E-state index is 12.5. The van der Waals surface area contributed by atoms with Gasteiger partial charge in [0, 0.05) is 23.5 Å². The fourth-order valence-corrected chi connectivity index (χ4v) is 4.35. The minimum atomic E-state index is -3.50. The molecule has 0 aliphatic carbocycles. The number of benzene rings is 2. The lowest BCUT2D eigenvalue weighted by Gasteiger charge is -2.18. The number of carbonyl (C=O) groups is 1. The van der Waals surface area contributed by atoms with Crippen LogP contribution in [0.15, 0.2) is 64.4 Å². The second-order valence-electron chi connectivity index (χ2n) is 5.58. The number of thioether (sulfide) groups is 1. The normalized spacial score (nSPS) is 12.0. The summed E-state index contributed by atoms with van der Waals surface area (Å²) in [6.07, 6.45) is 5.27. The van der Waals surface area contributed by atoms with Crippen molar-refractivity contribution in [2.45, 2.75) is 23.6 Å². The number of nitrogens with zero attached hydrogens (tertiary/aromatic N) is 1. The fourth-order valence-electron chi connectivity index (χ4n) is 2.49. The van der Waals surface area contributed by atoms with Crippen molar-refractivity contribution in [3.05, 3.63) is 65.7 Å². The fraction of sp³-hybridized carbons (Fsp3) is 0.250. The molecule has 0 aliphatic rings. The second-order valence-corrected chi connectivity index (χ2v) is 8.40. The molecule has 0 aromatic heterocycles. The monoisotopic (exact) mass is 389 g/mol. The summed E-state index contributed by atoms with van der Waals surface area (Å²) in [5.74, 6) is -0.161. The minimum absolute atomic E-state index is 0.161. The average molecular weight is 390 g/mol. The largest absolute Gasteiger partial charge is 0.289 e. The van der Waals surface area contributed by atoms with E-state index in [1.807, 2.05) is 30.5 Å². The van der Waals surface area contributed by atoms with Gasteiger partial charge in [0.15, 0.2) is 5.78 Å². The van der Waals surface area contributed by atoms with Crippen LogP contribution < -0.4 is 0 Å². The van der Waals surface area contributed by atoms with E-state index in [2.05, 4.69) is 0 Å². The standard InChI is InChI=1S/C20H23NO3S2/c1-4-21(5-2)26(23,24)19-13-9-17(10-14-19)20(22)15-8-16-6-11-18(25-3)12-7-16/h6-15H,4-5H2,1-3H3. The first-order chi connectivity index (χ1) is 12.4. The maximum atomic E-state index is 12.5. The Morgan fingerprint density at radius 1 is 1.00 bits per heavy atom. The van der Waals surface area contributed by atoms with Crippen molar-refractivity contribution in [2.75, 3.05) is 19.3 Å². The summed E-state index contributed by atoms with van der Waals surface area (Å²) < 4.78 is 26.3. The van der Waals surface area contributed by atoms with Gasteiger partial charge >= 0.3 is 0 Å². The van der Waals surface area contributed by atoms with Gasteiger partial charge in [-0.15, -0.1) is 11.8 Å². The first kappa shape index (κ1) is 20.4. The number of carbonyl (C=O) groups excluding carboxylic acids is 1. The molecule has 0 amide bonds. The first-order valence-corrected chi connectivity index (χ1v) is 11.1. The molecular weight excluding hydrogens is 366 g/mol. The Hall–Kier alpha value is -1.89. The van der Waals surface area contributed by atoms with E-state index >= 15 is 0 Å². The summed E-state index contributed by atoms with van der Waals surface area (Å²) in [5, 5.41) is 0. The van der Waals surface area contributed by atoms with Crippen molar-refractivity contribution >= 4 is 33.6 Å². The molecule has 0 saturated carbocycles. The Balaban J connectivity index is 2.14. The van der Waals surface area contributed by atoms with E-state index in [0.717, 1.165) is 5.56 Å². The molecular formula is C20H23NO3S2. The Labute approximate surface area is 160 Å². The van der Waals surface area contributed by atoms with Gasteiger partial charge in [0.1, 0.15) is 0 Å². The van der Waals surface area contributed by atoms with Crippen LogP contribution in [0.25, 0.3) is 6.08 Å². The SMILES string of the molecule is CCN(CC)S(=O)(=O)c1ccc(C(=O)C=Cc2ccc(SC)cc2)cc1. The van der Waals surface area contributed by atoms with Crippen LogP contribution in [-0.4, -0.2) is 37.9 Å². The van der Waals surface area contributed by atoms with Gasteiger partial charge in [0.25, 0.3) is 0 Å². The van der Waals surface area contributed by atoms with Crippen LogP contribution in [0.3, 0.4) is 0 Å². The third-order valence-corrected chi connectivity index (χ3v) is 6.83. The van der Waals surface area contributed by atoms with E-state index in [9.17, 15) is 13.2 Å². The number of sulfonamides is 1. The van der Waals surface area contributed by atoms with Crippen LogP contribution in [0.1, 0.15) is 29.8 Å². The van der Waals surface area contributed by atoms with Gasteiger partial charge in [0.05, 0.1) is 4.90 Å². The predicted molar refractivity (Wildman–Crippen MR) is 108 cm³/mol. The summed E-state index contributed by atoms with van der Waals surface area (Å²) in [4.78, 5) is 13.7. The van der Waals surface area contributed by atoms with E-state index in [-0.39, 0.29) is 10.7 Å². The van der Waals surface area contributed by atoms with Crippen LogP contribution in [0.4, 0.5) is 0 Å². The van der Waals surface area contributed by atoms with Crippen LogP contribution in [-0.2, 0) is 10.0 Å². The molecule has 6 heteroatoms. The van der Waals surface area contributed by atoms with Crippen LogP contribution >= 0.6 is 11.8 Å². The number of hydrogen-bond donors (Lipinski definition) is 0. The van der Waals surface area contributed by atoms with Crippen molar-refractivity contribution < 1.29 is 13.2 Å². The highest BCUT2D eigenvalue weighted by atomic mass is 32.2. The van der Waals surface area contributed by atoms with Gasteiger partial charge in [-0.25, -0.2) is 8.42 Å². The molecule has 0 N–H and O–H groups in total. The topological polar surface area (TPSA) is 54.5 Å². The first-order valence-electron chi connectivity index (χ1n) is 8.39. The summed E-state index contributed by atoms with van der Waals surface area (Å²) in [6.45, 7) is 4.43. The number of ketones is 1. The van der Waals surface area contributed by atoms with E-state index in [4.69, 9.17) is 0 Å². The van der Waals surface area contributed by atoms with Gasteiger partial charge < -0.3 is 0 Å². The number of rotatable bonds is 8. The molecule has 0 heterocycles. The highest BCUT2D eigenvalue weighted by molar-refractivity contribution is 7.98. The van der Waals surface area contributed by atoms with Crippen LogP contribution in [0.2, 0.25) is 0 Å². The lowest BCUT2D eigenvalue weighted by atomic mass is 10.1. The zero-order valence-electron chi connectivity index (χ0n) is 15.2. The summed E-state index contributed by atoms with van der Waals surface area (Å²) in [6, 6.07) is 14.0. The van der Waals surface area contributed by atoms with Crippen molar-refractivity contribution in [3.8, 4) is 0 Å². The van der Waals surface area contributed by atoms with Gasteiger partial charge in [-0.05, 0) is 54.3 Å². The molecule has 0 unspecified atom stereocenters. The minimum Gasteiger partial charge on any atom is -0.289 e. The highest BCUT2D eigenvalue weighted by Crippen LogP contribution is 2.18. The second kappa shape index (κ2) is 9.16. The molecule has 0 spiro atoms. The average Bonchev–Trinajstić information content (AvgIpc) is 2.67. The zero-order chi connectivity index (χ0) is 19.2. The third kappa shape index (κ3) is 4.84. The summed E-state index contributed by atoms with van der Waals surface area (Å²) in [5.41, 5.74) is 1.40. The van der Waals surface area contributed by atoms with Crippen LogP contribution in [0, 0.1) is 0 Å². The summed E-state index contributed by atoms with van der Waals surface area (Å²) in [7, 11) is -3.50. The molecule has 0 saturated heterocycles. The van der Waals surface area contributed by atoms with Crippen LogP contribution in [0.5, 0.6) is 0 Å². The number of allylic oxidation sites excluding steroid dienone is 1. The smallest absolute Gasteiger partial charge is 0.243 e. The van der Waals surface area contributed by atoms with Crippen molar-refractivity contribution in [3.63, 3.8) is 0 Å². The van der Waals surface area contributed by atoms with E-state index in [1.54, 1.807) is 43.8 Å². The Morgan fingerprint density at radius 2 is 1.58 bits per heavy atom. The third-order valence-electron chi connectivity index (χ3n) is 4.02. The summed E-state index contributed by atoms with van der Waals surface area (Å²) >= 11 is 1.66. The van der Waals surface area contributed by atoms with Crippen molar-refractivity contribution in [1.29, 1.82) is 0 Å². The molecule has 0 bridgehead atoms. The Morgan fingerprint density at radius 3 is 2.08 bits per heavy atom. The molecule has 0 fully saturated rings. The Kier molecular flexibility index (Phi) is 7.20.